The fourth-order valence-electron chi connectivity index (χ4n) is 3.58. The Morgan fingerprint density at radius 3 is 2.48 bits per heavy atom. The molecule has 1 aliphatic carbocycles. The molecule has 1 fully saturated rings. The van der Waals surface area contributed by atoms with Crippen molar-refractivity contribution in [2.45, 2.75) is 44.4 Å². The number of para-hydroxylation sites is 1. The lowest BCUT2D eigenvalue weighted by molar-refractivity contribution is -0.182. The SMILES string of the molecule is FC(F)(F)C1CCC(N2CCNCc3ccccc32)CC1. The van der Waals surface area contributed by atoms with E-state index < -0.39 is 12.1 Å². The van der Waals surface area contributed by atoms with E-state index in [9.17, 15) is 13.2 Å². The molecule has 21 heavy (non-hydrogen) atoms. The molecule has 5 heteroatoms. The van der Waals surface area contributed by atoms with Crippen LogP contribution in [0.25, 0.3) is 0 Å². The average Bonchev–Trinajstić information content (AvgIpc) is 2.69. The summed E-state index contributed by atoms with van der Waals surface area (Å²) in [6.07, 6.45) is -2.22. The van der Waals surface area contributed by atoms with Crippen LogP contribution in [0.15, 0.2) is 24.3 Å². The Bertz CT molecular complexity index is 479. The van der Waals surface area contributed by atoms with E-state index in [1.54, 1.807) is 0 Å². The van der Waals surface area contributed by atoms with E-state index in [4.69, 9.17) is 0 Å². The summed E-state index contributed by atoms with van der Waals surface area (Å²) in [5, 5.41) is 3.38. The molecule has 1 heterocycles. The highest BCUT2D eigenvalue weighted by Crippen LogP contribution is 2.40. The predicted octanol–water partition coefficient (Wildman–Crippen LogP) is 3.72. The molecule has 0 radical (unpaired) electrons. The molecule has 0 aromatic heterocycles. The Kier molecular flexibility index (Phi) is 4.11. The largest absolute Gasteiger partial charge is 0.391 e. The summed E-state index contributed by atoms with van der Waals surface area (Å²) >= 11 is 0. The van der Waals surface area contributed by atoms with Crippen molar-refractivity contribution in [2.24, 2.45) is 5.92 Å². The number of benzene rings is 1. The lowest BCUT2D eigenvalue weighted by atomic mass is 9.84. The lowest BCUT2D eigenvalue weighted by Gasteiger charge is -2.38. The number of fused-ring (bicyclic) bond motifs is 1. The maximum Gasteiger partial charge on any atom is 0.391 e. The average molecular weight is 298 g/mol. The van der Waals surface area contributed by atoms with Crippen LogP contribution < -0.4 is 10.2 Å². The number of rotatable bonds is 1. The van der Waals surface area contributed by atoms with Crippen molar-refractivity contribution in [2.75, 3.05) is 18.0 Å². The molecular weight excluding hydrogens is 277 g/mol. The zero-order valence-corrected chi connectivity index (χ0v) is 12.0. The van der Waals surface area contributed by atoms with Gasteiger partial charge in [-0.25, -0.2) is 0 Å². The number of alkyl halides is 3. The summed E-state index contributed by atoms with van der Waals surface area (Å²) in [4.78, 5) is 2.32. The summed E-state index contributed by atoms with van der Waals surface area (Å²) in [5.41, 5.74) is 2.44. The van der Waals surface area contributed by atoms with Crippen molar-refractivity contribution in [3.8, 4) is 0 Å². The third kappa shape index (κ3) is 3.18. The summed E-state index contributed by atoms with van der Waals surface area (Å²) in [6.45, 7) is 2.59. The van der Waals surface area contributed by atoms with Gasteiger partial charge < -0.3 is 10.2 Å². The molecule has 0 amide bonds. The Labute approximate surface area is 123 Å². The lowest BCUT2D eigenvalue weighted by Crippen LogP contribution is -2.42. The Morgan fingerprint density at radius 2 is 1.76 bits per heavy atom. The fraction of sp³-hybridized carbons (Fsp3) is 0.625. The normalized spacial score (nSPS) is 27.1. The molecule has 3 rings (SSSR count). The van der Waals surface area contributed by atoms with Gasteiger partial charge in [-0.15, -0.1) is 0 Å². The van der Waals surface area contributed by atoms with Crippen molar-refractivity contribution in [3.63, 3.8) is 0 Å². The minimum Gasteiger partial charge on any atom is -0.367 e. The maximum atomic E-state index is 12.8. The van der Waals surface area contributed by atoms with E-state index in [0.29, 0.717) is 12.8 Å². The smallest absolute Gasteiger partial charge is 0.367 e. The topological polar surface area (TPSA) is 15.3 Å². The Morgan fingerprint density at radius 1 is 1.05 bits per heavy atom. The van der Waals surface area contributed by atoms with Crippen LogP contribution in [-0.2, 0) is 6.54 Å². The van der Waals surface area contributed by atoms with Gasteiger partial charge in [0, 0.05) is 31.4 Å². The highest BCUT2D eigenvalue weighted by atomic mass is 19.4. The van der Waals surface area contributed by atoms with Crippen LogP contribution in [0.4, 0.5) is 18.9 Å². The quantitative estimate of drug-likeness (QED) is 0.850. The van der Waals surface area contributed by atoms with Crippen molar-refractivity contribution >= 4 is 5.69 Å². The Balaban J connectivity index is 1.73. The monoisotopic (exact) mass is 298 g/mol. The molecule has 2 nitrogen and oxygen atoms in total. The molecule has 1 saturated carbocycles. The molecule has 116 valence electrons. The van der Waals surface area contributed by atoms with Gasteiger partial charge in [-0.05, 0) is 37.3 Å². The molecule has 0 spiro atoms. The maximum absolute atomic E-state index is 12.8. The van der Waals surface area contributed by atoms with E-state index in [0.717, 1.165) is 19.6 Å². The van der Waals surface area contributed by atoms with Gasteiger partial charge in [-0.3, -0.25) is 0 Å². The minimum atomic E-state index is -4.02. The standard InChI is InChI=1S/C16H21F3N2/c17-16(18,19)13-5-7-14(8-6-13)21-10-9-20-11-12-3-1-2-4-15(12)21/h1-4,13-14,20H,5-11H2. The van der Waals surface area contributed by atoms with Gasteiger partial charge in [-0.1, -0.05) is 18.2 Å². The zero-order valence-electron chi connectivity index (χ0n) is 12.0. The number of nitrogens with zero attached hydrogens (tertiary/aromatic N) is 1. The fourth-order valence-corrected chi connectivity index (χ4v) is 3.58. The third-order valence-corrected chi connectivity index (χ3v) is 4.75. The number of nitrogens with one attached hydrogen (secondary N) is 1. The van der Waals surface area contributed by atoms with Crippen LogP contribution >= 0.6 is 0 Å². The van der Waals surface area contributed by atoms with Gasteiger partial charge in [0.1, 0.15) is 0 Å². The van der Waals surface area contributed by atoms with Crippen LogP contribution in [0, 0.1) is 5.92 Å². The number of hydrogen-bond acceptors (Lipinski definition) is 2. The number of halogens is 3. The minimum absolute atomic E-state index is 0.240. The highest BCUT2D eigenvalue weighted by molar-refractivity contribution is 5.55. The molecule has 1 aromatic rings. The van der Waals surface area contributed by atoms with Gasteiger partial charge in [-0.2, -0.15) is 13.2 Å². The summed E-state index contributed by atoms with van der Waals surface area (Å²) in [5.74, 6) is -1.10. The molecule has 2 aliphatic rings. The summed E-state index contributed by atoms with van der Waals surface area (Å²) in [6, 6.07) is 8.47. The Hall–Kier alpha value is -1.23. The van der Waals surface area contributed by atoms with E-state index in [-0.39, 0.29) is 18.9 Å². The number of anilines is 1. The van der Waals surface area contributed by atoms with Gasteiger partial charge in [0.05, 0.1) is 5.92 Å². The van der Waals surface area contributed by atoms with Crippen LogP contribution in [0.3, 0.4) is 0 Å². The first-order chi connectivity index (χ1) is 10.1. The second-order valence-electron chi connectivity index (χ2n) is 6.05. The van der Waals surface area contributed by atoms with Crippen LogP contribution in [-0.4, -0.2) is 25.3 Å². The van der Waals surface area contributed by atoms with Crippen molar-refractivity contribution < 1.29 is 13.2 Å². The van der Waals surface area contributed by atoms with Gasteiger partial charge in [0.15, 0.2) is 0 Å². The first-order valence-corrected chi connectivity index (χ1v) is 7.67. The zero-order chi connectivity index (χ0) is 14.9. The van der Waals surface area contributed by atoms with Gasteiger partial charge >= 0.3 is 6.18 Å². The first kappa shape index (κ1) is 14.7. The first-order valence-electron chi connectivity index (χ1n) is 7.67. The van der Waals surface area contributed by atoms with Gasteiger partial charge in [0.25, 0.3) is 0 Å². The summed E-state index contributed by atoms with van der Waals surface area (Å²) in [7, 11) is 0. The van der Waals surface area contributed by atoms with E-state index >= 15 is 0 Å². The second kappa shape index (κ2) is 5.87. The van der Waals surface area contributed by atoms with Crippen LogP contribution in [0.2, 0.25) is 0 Å². The predicted molar refractivity (Wildman–Crippen MR) is 77.3 cm³/mol. The molecular formula is C16H21F3N2. The molecule has 0 unspecified atom stereocenters. The van der Waals surface area contributed by atoms with Gasteiger partial charge in [0.2, 0.25) is 0 Å². The van der Waals surface area contributed by atoms with E-state index in [1.807, 2.05) is 12.1 Å². The molecule has 0 saturated heterocycles. The second-order valence-corrected chi connectivity index (χ2v) is 6.05. The molecule has 1 N–H and O–H groups in total. The van der Waals surface area contributed by atoms with Crippen molar-refractivity contribution in [1.29, 1.82) is 0 Å². The van der Waals surface area contributed by atoms with Crippen molar-refractivity contribution in [1.82, 2.24) is 5.32 Å². The molecule has 0 atom stereocenters. The number of hydrogen-bond donors (Lipinski definition) is 1. The van der Waals surface area contributed by atoms with Crippen molar-refractivity contribution in [3.05, 3.63) is 29.8 Å². The molecule has 0 bridgehead atoms. The van der Waals surface area contributed by atoms with E-state index in [1.165, 1.54) is 11.3 Å². The molecule has 1 aliphatic heterocycles. The summed E-state index contributed by atoms with van der Waals surface area (Å²) < 4.78 is 38.4. The van der Waals surface area contributed by atoms with Crippen LogP contribution in [0.5, 0.6) is 0 Å². The highest BCUT2D eigenvalue weighted by Gasteiger charge is 2.42. The van der Waals surface area contributed by atoms with E-state index in [2.05, 4.69) is 22.3 Å². The third-order valence-electron chi connectivity index (χ3n) is 4.75. The van der Waals surface area contributed by atoms with Crippen LogP contribution in [0.1, 0.15) is 31.2 Å². The molecule has 1 aromatic carbocycles.